The van der Waals surface area contributed by atoms with E-state index >= 15 is 0 Å². The summed E-state index contributed by atoms with van der Waals surface area (Å²) in [5.74, 6) is 0. The maximum absolute atomic E-state index is 4.69. The number of para-hydroxylation sites is 2. The summed E-state index contributed by atoms with van der Waals surface area (Å²) in [6, 6.07) is 95.6. The SMILES string of the molecule is C=C1c2ccccc2-c2ccc(N(c3cc(-c4ccc5c(c4)c4ccccc4n5-c4ccccc4)cc(N(c4ccc5c(c4)C(=C)c4ccccc4-5)c4cccc5ccccc45)c3)c3cccc4ccccc34)cc21. The van der Waals surface area contributed by atoms with Crippen LogP contribution in [0.4, 0.5) is 34.1 Å². The highest BCUT2D eigenvalue weighted by molar-refractivity contribution is 6.11. The number of fused-ring (bicyclic) bond motifs is 11. The van der Waals surface area contributed by atoms with Crippen LogP contribution in [0.25, 0.3) is 93.6 Å². The van der Waals surface area contributed by atoms with Gasteiger partial charge in [-0.15, -0.1) is 0 Å². The molecule has 2 aliphatic carbocycles. The van der Waals surface area contributed by atoms with E-state index in [-0.39, 0.29) is 0 Å². The molecule has 0 radical (unpaired) electrons. The molecule has 12 aromatic carbocycles. The van der Waals surface area contributed by atoms with Crippen LogP contribution in [-0.2, 0) is 0 Å². The van der Waals surface area contributed by atoms with Gasteiger partial charge in [-0.2, -0.15) is 0 Å². The molecule has 15 rings (SSSR count). The molecule has 0 N–H and O–H groups in total. The highest BCUT2D eigenvalue weighted by Gasteiger charge is 2.28. The number of rotatable bonds is 8. The smallest absolute Gasteiger partial charge is 0.0541 e. The predicted molar refractivity (Wildman–Crippen MR) is 318 cm³/mol. The van der Waals surface area contributed by atoms with Crippen molar-refractivity contribution in [1.29, 1.82) is 0 Å². The molecule has 13 aromatic rings. The average molecular weight is 954 g/mol. The lowest BCUT2D eigenvalue weighted by atomic mass is 9.98. The predicted octanol–water partition coefficient (Wildman–Crippen LogP) is 19.8. The van der Waals surface area contributed by atoms with Gasteiger partial charge in [0.05, 0.1) is 22.4 Å². The third kappa shape index (κ3) is 6.68. The first-order chi connectivity index (χ1) is 37.0. The highest BCUT2D eigenvalue weighted by Crippen LogP contribution is 2.52. The van der Waals surface area contributed by atoms with Crippen LogP contribution in [0.15, 0.2) is 274 Å². The normalized spacial score (nSPS) is 12.3. The Morgan fingerprint density at radius 1 is 0.267 bits per heavy atom. The molecule has 0 saturated carbocycles. The second-order valence-corrected chi connectivity index (χ2v) is 19.8. The number of nitrogens with zero attached hydrogens (tertiary/aromatic N) is 3. The van der Waals surface area contributed by atoms with Crippen LogP contribution in [0, 0.1) is 0 Å². The first kappa shape index (κ1) is 42.7. The largest absolute Gasteiger partial charge is 0.310 e. The van der Waals surface area contributed by atoms with Gasteiger partial charge in [0.15, 0.2) is 0 Å². The van der Waals surface area contributed by atoms with Crippen LogP contribution in [0.1, 0.15) is 22.3 Å². The molecule has 350 valence electrons. The molecule has 0 bridgehead atoms. The topological polar surface area (TPSA) is 11.4 Å². The van der Waals surface area contributed by atoms with Gasteiger partial charge in [-0.3, -0.25) is 0 Å². The highest BCUT2D eigenvalue weighted by atomic mass is 15.2. The Hall–Kier alpha value is -9.96. The number of aromatic nitrogens is 1. The van der Waals surface area contributed by atoms with Gasteiger partial charge in [-0.05, 0) is 162 Å². The van der Waals surface area contributed by atoms with Gasteiger partial charge in [0.1, 0.15) is 0 Å². The summed E-state index contributed by atoms with van der Waals surface area (Å²) in [4.78, 5) is 4.93. The van der Waals surface area contributed by atoms with Crippen LogP contribution in [0.2, 0.25) is 0 Å². The molecule has 0 saturated heterocycles. The third-order valence-electron chi connectivity index (χ3n) is 15.7. The van der Waals surface area contributed by atoms with Gasteiger partial charge in [-0.25, -0.2) is 0 Å². The van der Waals surface area contributed by atoms with E-state index in [1.807, 2.05) is 0 Å². The van der Waals surface area contributed by atoms with Crippen molar-refractivity contribution < 1.29 is 0 Å². The summed E-state index contributed by atoms with van der Waals surface area (Å²) >= 11 is 0. The minimum atomic E-state index is 1.02. The van der Waals surface area contributed by atoms with Gasteiger partial charge in [0.2, 0.25) is 0 Å². The summed E-state index contributed by atoms with van der Waals surface area (Å²) in [6.07, 6.45) is 0. The fourth-order valence-electron chi connectivity index (χ4n) is 12.3. The Kier molecular flexibility index (Phi) is 9.57. The Balaban J connectivity index is 1.02. The van der Waals surface area contributed by atoms with Crippen molar-refractivity contribution in [3.63, 3.8) is 0 Å². The van der Waals surface area contributed by atoms with Crippen molar-refractivity contribution in [2.75, 3.05) is 9.80 Å². The monoisotopic (exact) mass is 953 g/mol. The fraction of sp³-hybridized carbons (Fsp3) is 0. The Labute approximate surface area is 436 Å². The minimum absolute atomic E-state index is 1.02. The van der Waals surface area contributed by atoms with E-state index in [0.29, 0.717) is 0 Å². The van der Waals surface area contributed by atoms with Gasteiger partial charge in [0.25, 0.3) is 0 Å². The minimum Gasteiger partial charge on any atom is -0.310 e. The van der Waals surface area contributed by atoms with Crippen LogP contribution in [-0.4, -0.2) is 4.57 Å². The van der Waals surface area contributed by atoms with Gasteiger partial charge >= 0.3 is 0 Å². The molecule has 0 aliphatic heterocycles. The van der Waals surface area contributed by atoms with E-state index < -0.39 is 0 Å². The molecule has 0 fully saturated rings. The van der Waals surface area contributed by atoms with E-state index in [0.717, 1.165) is 89.5 Å². The molecule has 2 aliphatic rings. The molecule has 75 heavy (non-hydrogen) atoms. The van der Waals surface area contributed by atoms with Crippen molar-refractivity contribution in [3.8, 4) is 39.1 Å². The summed E-state index contributed by atoms with van der Waals surface area (Å²) in [7, 11) is 0. The molecule has 0 atom stereocenters. The van der Waals surface area contributed by atoms with Crippen LogP contribution in [0.3, 0.4) is 0 Å². The summed E-state index contributed by atoms with van der Waals surface area (Å²) in [6.45, 7) is 9.39. The molecule has 0 spiro atoms. The van der Waals surface area contributed by atoms with Crippen molar-refractivity contribution >= 4 is 88.6 Å². The molecular weight excluding hydrogens is 907 g/mol. The fourth-order valence-corrected chi connectivity index (χ4v) is 12.3. The van der Waals surface area contributed by atoms with E-state index in [9.17, 15) is 0 Å². The Morgan fingerprint density at radius 2 is 0.720 bits per heavy atom. The number of anilines is 6. The van der Waals surface area contributed by atoms with Crippen molar-refractivity contribution in [3.05, 3.63) is 296 Å². The second kappa shape index (κ2) is 16.8. The molecule has 1 aromatic heterocycles. The molecular formula is C72H47N3. The van der Waals surface area contributed by atoms with Crippen LogP contribution >= 0.6 is 0 Å². The van der Waals surface area contributed by atoms with E-state index in [1.54, 1.807) is 0 Å². The lowest BCUT2D eigenvalue weighted by Crippen LogP contribution is -2.14. The average Bonchev–Trinajstić information content (AvgIpc) is 4.07. The Bertz CT molecular complexity index is 4320. The van der Waals surface area contributed by atoms with Crippen molar-refractivity contribution in [2.45, 2.75) is 0 Å². The third-order valence-corrected chi connectivity index (χ3v) is 15.7. The van der Waals surface area contributed by atoms with Gasteiger partial charge in [-0.1, -0.05) is 189 Å². The lowest BCUT2D eigenvalue weighted by molar-refractivity contribution is 1.18. The van der Waals surface area contributed by atoms with Gasteiger partial charge < -0.3 is 14.4 Å². The molecule has 1 heterocycles. The van der Waals surface area contributed by atoms with Gasteiger partial charge in [0, 0.05) is 50.0 Å². The zero-order valence-electron chi connectivity index (χ0n) is 41.1. The standard InChI is InChI=1S/C72H47N3/c1-46-57-24-10-12-28-61(57)63-37-35-53(44-66(46)63)73(69-32-16-20-48-18-6-8-26-59(48)69)55-40-51(50-34-39-72-68(42-50)65-30-14-15-31-71(65)75(72)52-22-4-3-5-23-52)41-56(43-55)74(70-33-17-21-49-19-7-9-27-60(49)70)54-36-38-64-62-29-13-11-25-58(62)47(2)67(64)45-54/h3-45H,1-2H2. The van der Waals surface area contributed by atoms with Crippen LogP contribution < -0.4 is 9.80 Å². The molecule has 0 unspecified atom stereocenters. The zero-order chi connectivity index (χ0) is 49.7. The maximum atomic E-state index is 4.69. The van der Waals surface area contributed by atoms with Crippen molar-refractivity contribution in [1.82, 2.24) is 4.57 Å². The Morgan fingerprint density at radius 3 is 1.29 bits per heavy atom. The lowest BCUT2D eigenvalue weighted by Gasteiger charge is -2.32. The van der Waals surface area contributed by atoms with E-state index in [4.69, 9.17) is 13.2 Å². The molecule has 0 amide bonds. The number of benzene rings is 12. The van der Waals surface area contributed by atoms with E-state index in [2.05, 4.69) is 275 Å². The molecule has 3 heteroatoms. The zero-order valence-corrected chi connectivity index (χ0v) is 41.1. The molecule has 3 nitrogen and oxygen atoms in total. The first-order valence-corrected chi connectivity index (χ1v) is 25.7. The van der Waals surface area contributed by atoms with Crippen molar-refractivity contribution in [2.24, 2.45) is 0 Å². The number of hydrogen-bond donors (Lipinski definition) is 0. The second-order valence-electron chi connectivity index (χ2n) is 19.8. The first-order valence-electron chi connectivity index (χ1n) is 25.7. The van der Waals surface area contributed by atoms with E-state index in [1.165, 1.54) is 60.4 Å². The van der Waals surface area contributed by atoms with Crippen LogP contribution in [0.5, 0.6) is 0 Å². The summed E-state index contributed by atoms with van der Waals surface area (Å²) < 4.78 is 2.39. The summed E-state index contributed by atoms with van der Waals surface area (Å²) in [5, 5.41) is 7.07. The number of hydrogen-bond acceptors (Lipinski definition) is 2. The quantitative estimate of drug-likeness (QED) is 0.150. The summed E-state index contributed by atoms with van der Waals surface area (Å²) in [5.41, 5.74) is 23.6. The maximum Gasteiger partial charge on any atom is 0.0541 e.